The molecule has 0 radical (unpaired) electrons. The number of aliphatic carboxylic acids is 1. The molecule has 2 heterocycles. The van der Waals surface area contributed by atoms with Crippen molar-refractivity contribution in [3.05, 3.63) is 162 Å². The van der Waals surface area contributed by atoms with Crippen LogP contribution in [-0.2, 0) is 54.5 Å². The Labute approximate surface area is 345 Å². The molecule has 5 amide bonds. The average molecular weight is 814 g/mol. The molecule has 0 aromatic heterocycles. The van der Waals surface area contributed by atoms with E-state index in [9.17, 15) is 43.4 Å². The number of carboxylic acid groups (broad SMARTS) is 1. The quantitative estimate of drug-likeness (QED) is 0.115. The summed E-state index contributed by atoms with van der Waals surface area (Å²) in [6.45, 7) is 0. The summed E-state index contributed by atoms with van der Waals surface area (Å²) in [4.78, 5) is 81.4. The van der Waals surface area contributed by atoms with Gasteiger partial charge in [-0.15, -0.1) is 0 Å². The molecule has 308 valence electrons. The lowest BCUT2D eigenvalue weighted by molar-refractivity contribution is -0.142. The molecule has 0 spiro atoms. The number of nitrogens with one attached hydrogen (secondary N) is 5. The van der Waals surface area contributed by atoms with Crippen LogP contribution in [0.5, 0.6) is 0 Å². The molecule has 5 atom stereocenters. The van der Waals surface area contributed by atoms with Crippen LogP contribution in [0.1, 0.15) is 28.7 Å². The second-order valence-corrected chi connectivity index (χ2v) is 14.5. The van der Waals surface area contributed by atoms with Crippen LogP contribution in [0.15, 0.2) is 133 Å². The Hall–Kier alpha value is -7.19. The second kappa shape index (κ2) is 20.0. The first kappa shape index (κ1) is 42.4. The Kier molecular flexibility index (Phi) is 14.1. The van der Waals surface area contributed by atoms with Crippen LogP contribution in [0.25, 0.3) is 11.1 Å². The predicted molar refractivity (Wildman–Crippen MR) is 221 cm³/mol. The minimum atomic E-state index is -1.83. The Bertz CT molecular complexity index is 2290. The number of halogens is 1. The Morgan fingerprint density at radius 1 is 0.533 bits per heavy atom. The summed E-state index contributed by atoms with van der Waals surface area (Å²) in [5, 5.41) is 33.9. The van der Waals surface area contributed by atoms with E-state index in [1.54, 1.807) is 42.5 Å². The maximum atomic E-state index is 14.4. The van der Waals surface area contributed by atoms with Gasteiger partial charge in [0, 0.05) is 31.4 Å². The van der Waals surface area contributed by atoms with Gasteiger partial charge < -0.3 is 36.8 Å². The van der Waals surface area contributed by atoms with Gasteiger partial charge in [-0.2, -0.15) is 0 Å². The molecule has 7 N–H and O–H groups in total. The van der Waals surface area contributed by atoms with Gasteiger partial charge in [0.2, 0.25) is 23.6 Å². The molecular formula is C46H44FN5O8. The first-order valence-electron chi connectivity index (χ1n) is 19.3. The second-order valence-electron chi connectivity index (χ2n) is 14.5. The zero-order chi connectivity index (χ0) is 42.6. The highest BCUT2D eigenvalue weighted by atomic mass is 19.1. The number of anilines is 1. The zero-order valence-corrected chi connectivity index (χ0v) is 32.3. The Balaban J connectivity index is 1.36. The fourth-order valence-electron chi connectivity index (χ4n) is 6.76. The molecule has 0 saturated heterocycles. The van der Waals surface area contributed by atoms with E-state index < -0.39 is 78.0 Å². The Morgan fingerprint density at radius 2 is 1.00 bits per heavy atom. The standard InChI is InChI=1S/C46H44FN5O8/c47-34-19-13-30(14-20-34)24-36-42(55)50-38(25-29-11-17-33(18-12-29)32-9-5-2-6-10-32)43(56)51-37(23-28-7-3-1-4-8-28)44(57)52-39(46(59)60)26-31-15-21-35(22-16-31)48-45(58)40(53)27-41(54)49-36/h1-22,36-40,53H,23-27H2,(H,48,58)(H,49,54)(H,50,55)(H,51,56)(H,52,57)(H,59,60). The third-order valence-corrected chi connectivity index (χ3v) is 10.0. The van der Waals surface area contributed by atoms with Crippen LogP contribution in [0.3, 0.4) is 0 Å². The van der Waals surface area contributed by atoms with Gasteiger partial charge in [-0.25, -0.2) is 9.18 Å². The number of carbonyl (C=O) groups is 6. The van der Waals surface area contributed by atoms with Crippen LogP contribution >= 0.6 is 0 Å². The number of hydrogen-bond acceptors (Lipinski definition) is 7. The molecule has 2 aliphatic heterocycles. The minimum Gasteiger partial charge on any atom is -0.480 e. The van der Waals surface area contributed by atoms with Gasteiger partial charge in [0.05, 0.1) is 6.42 Å². The molecule has 5 aromatic carbocycles. The molecule has 2 aliphatic rings. The highest BCUT2D eigenvalue weighted by Crippen LogP contribution is 2.20. The highest BCUT2D eigenvalue weighted by Gasteiger charge is 2.33. The van der Waals surface area contributed by atoms with Crippen molar-refractivity contribution in [1.82, 2.24) is 21.3 Å². The van der Waals surface area contributed by atoms with Crippen molar-refractivity contribution in [2.24, 2.45) is 0 Å². The number of amides is 5. The molecule has 60 heavy (non-hydrogen) atoms. The van der Waals surface area contributed by atoms with Crippen LogP contribution in [0, 0.1) is 5.82 Å². The van der Waals surface area contributed by atoms with Gasteiger partial charge in [0.25, 0.3) is 5.91 Å². The summed E-state index contributed by atoms with van der Waals surface area (Å²) >= 11 is 0. The highest BCUT2D eigenvalue weighted by molar-refractivity contribution is 5.98. The van der Waals surface area contributed by atoms with Crippen molar-refractivity contribution in [3.8, 4) is 11.1 Å². The lowest BCUT2D eigenvalue weighted by atomic mass is 9.98. The summed E-state index contributed by atoms with van der Waals surface area (Å²) in [5.41, 5.74) is 4.34. The first-order chi connectivity index (χ1) is 28.9. The van der Waals surface area contributed by atoms with Crippen LogP contribution in [0.2, 0.25) is 0 Å². The first-order valence-corrected chi connectivity index (χ1v) is 19.3. The molecule has 0 fully saturated rings. The fraction of sp³-hybridized carbons (Fsp3) is 0.217. The molecule has 5 aromatic rings. The van der Waals surface area contributed by atoms with Gasteiger partial charge in [-0.05, 0) is 57.6 Å². The predicted octanol–water partition coefficient (Wildman–Crippen LogP) is 3.49. The zero-order valence-electron chi connectivity index (χ0n) is 32.3. The summed E-state index contributed by atoms with van der Waals surface area (Å²) in [6, 6.07) is 31.5. The lowest BCUT2D eigenvalue weighted by Crippen LogP contribution is -2.59. The third kappa shape index (κ3) is 11.9. The molecule has 0 saturated carbocycles. The van der Waals surface area contributed by atoms with Crippen molar-refractivity contribution in [3.63, 3.8) is 0 Å². The monoisotopic (exact) mass is 813 g/mol. The van der Waals surface area contributed by atoms with Crippen molar-refractivity contribution in [2.75, 3.05) is 5.32 Å². The lowest BCUT2D eigenvalue weighted by Gasteiger charge is -2.26. The van der Waals surface area contributed by atoms with Crippen molar-refractivity contribution in [1.29, 1.82) is 0 Å². The average Bonchev–Trinajstić information content (AvgIpc) is 3.24. The summed E-state index contributed by atoms with van der Waals surface area (Å²) in [6.07, 6.45) is -2.99. The molecule has 14 heteroatoms. The van der Waals surface area contributed by atoms with Gasteiger partial charge >= 0.3 is 5.97 Å². The SMILES string of the molecule is O=C1CC(O)C(=O)Nc2ccc(cc2)CC(C(=O)O)NC(=O)C(Cc2ccccc2)NC(=O)C(Cc2ccc(-c3ccccc3)cc2)NC(=O)C(Cc2ccc(F)cc2)N1. The van der Waals surface area contributed by atoms with E-state index in [0.29, 0.717) is 22.3 Å². The molecule has 7 rings (SSSR count). The topological polar surface area (TPSA) is 203 Å². The minimum absolute atomic E-state index is 0.0306. The van der Waals surface area contributed by atoms with Gasteiger partial charge in [-0.1, -0.05) is 109 Å². The number of benzene rings is 5. The number of carboxylic acids is 1. The van der Waals surface area contributed by atoms with E-state index in [1.807, 2.05) is 42.5 Å². The smallest absolute Gasteiger partial charge is 0.326 e. The van der Waals surface area contributed by atoms with E-state index in [2.05, 4.69) is 26.6 Å². The van der Waals surface area contributed by atoms with Crippen LogP contribution < -0.4 is 26.6 Å². The summed E-state index contributed by atoms with van der Waals surface area (Å²) in [5.74, 6) is -6.03. The van der Waals surface area contributed by atoms with E-state index in [4.69, 9.17) is 0 Å². The number of hydrogen-bond donors (Lipinski definition) is 7. The third-order valence-electron chi connectivity index (χ3n) is 10.0. The van der Waals surface area contributed by atoms with Crippen LogP contribution in [0.4, 0.5) is 10.1 Å². The summed E-state index contributed by atoms with van der Waals surface area (Å²) < 4.78 is 13.9. The van der Waals surface area contributed by atoms with Gasteiger partial charge in [-0.3, -0.25) is 24.0 Å². The van der Waals surface area contributed by atoms with Crippen molar-refractivity contribution in [2.45, 2.75) is 62.4 Å². The number of rotatable bonds is 8. The number of fused-ring (bicyclic) bond motifs is 18. The number of carbonyl (C=O) groups excluding carboxylic acids is 5. The molecule has 5 unspecified atom stereocenters. The molecular weight excluding hydrogens is 770 g/mol. The maximum Gasteiger partial charge on any atom is 0.326 e. The van der Waals surface area contributed by atoms with E-state index in [-0.39, 0.29) is 31.4 Å². The van der Waals surface area contributed by atoms with Crippen molar-refractivity contribution >= 4 is 41.2 Å². The largest absolute Gasteiger partial charge is 0.480 e. The number of aliphatic hydroxyl groups is 1. The van der Waals surface area contributed by atoms with E-state index >= 15 is 0 Å². The Morgan fingerprint density at radius 3 is 1.55 bits per heavy atom. The fourth-order valence-corrected chi connectivity index (χ4v) is 6.76. The molecule has 2 bridgehead atoms. The van der Waals surface area contributed by atoms with E-state index in [0.717, 1.165) is 11.1 Å². The number of aliphatic hydroxyl groups excluding tert-OH is 1. The molecule has 0 aliphatic carbocycles. The van der Waals surface area contributed by atoms with Gasteiger partial charge in [0.1, 0.15) is 36.1 Å². The van der Waals surface area contributed by atoms with E-state index in [1.165, 1.54) is 48.5 Å². The molecule has 13 nitrogen and oxygen atoms in total. The van der Waals surface area contributed by atoms with Crippen LogP contribution in [-0.4, -0.2) is 76.0 Å². The normalized spacial score (nSPS) is 20.7. The maximum absolute atomic E-state index is 14.4. The van der Waals surface area contributed by atoms with Gasteiger partial charge in [0.15, 0.2) is 0 Å². The van der Waals surface area contributed by atoms with Crippen molar-refractivity contribution < 1.29 is 43.4 Å². The summed E-state index contributed by atoms with van der Waals surface area (Å²) in [7, 11) is 0.